The number of carbonyl (C=O) groups excluding carboxylic acids is 1. The van der Waals surface area contributed by atoms with Crippen molar-refractivity contribution in [2.24, 2.45) is 23.0 Å². The van der Waals surface area contributed by atoms with Gasteiger partial charge in [-0.1, -0.05) is 26.8 Å². The van der Waals surface area contributed by atoms with E-state index in [0.29, 0.717) is 29.4 Å². The normalized spacial score (nSPS) is 35.5. The van der Waals surface area contributed by atoms with Gasteiger partial charge >= 0.3 is 6.09 Å². The van der Waals surface area contributed by atoms with Crippen molar-refractivity contribution in [1.29, 1.82) is 0 Å². The molecule has 0 aromatic heterocycles. The van der Waals surface area contributed by atoms with Gasteiger partial charge in [-0.25, -0.2) is 4.79 Å². The highest BCUT2D eigenvalue weighted by molar-refractivity contribution is 5.65. The summed E-state index contributed by atoms with van der Waals surface area (Å²) >= 11 is 0. The summed E-state index contributed by atoms with van der Waals surface area (Å²) < 4.78 is 5.50. The van der Waals surface area contributed by atoms with Crippen LogP contribution in [-0.4, -0.2) is 17.3 Å². The number of phenolic OH excluding ortho intramolecular Hbond substituents is 1. The van der Waals surface area contributed by atoms with Crippen LogP contribution in [0.5, 0.6) is 5.75 Å². The van der Waals surface area contributed by atoms with Crippen LogP contribution < -0.4 is 5.73 Å². The molecule has 2 fully saturated rings. The summed E-state index contributed by atoms with van der Waals surface area (Å²) in [5.74, 6) is 2.59. The maximum Gasteiger partial charge on any atom is 0.404 e. The van der Waals surface area contributed by atoms with Crippen LogP contribution in [-0.2, 0) is 11.2 Å². The van der Waals surface area contributed by atoms with Crippen molar-refractivity contribution < 1.29 is 14.6 Å². The van der Waals surface area contributed by atoms with Crippen LogP contribution in [0, 0.1) is 17.3 Å². The minimum atomic E-state index is -0.634. The second-order valence-corrected chi connectivity index (χ2v) is 9.23. The van der Waals surface area contributed by atoms with E-state index in [1.165, 1.54) is 17.5 Å². The number of phenols is 1. The Morgan fingerprint density at radius 3 is 2.73 bits per heavy atom. The van der Waals surface area contributed by atoms with Crippen LogP contribution >= 0.6 is 0 Å². The van der Waals surface area contributed by atoms with Crippen molar-refractivity contribution in [1.82, 2.24) is 0 Å². The molecule has 26 heavy (non-hydrogen) atoms. The predicted octanol–water partition coefficient (Wildman–Crippen LogP) is 4.84. The molecule has 0 unspecified atom stereocenters. The third-order valence-electron chi connectivity index (χ3n) is 7.67. The van der Waals surface area contributed by atoms with Gasteiger partial charge in [0.2, 0.25) is 0 Å². The highest BCUT2D eigenvalue weighted by Crippen LogP contribution is 2.61. The van der Waals surface area contributed by atoms with Crippen LogP contribution in [0.15, 0.2) is 12.1 Å². The largest absolute Gasteiger partial charge is 0.508 e. The van der Waals surface area contributed by atoms with Gasteiger partial charge in [0.05, 0.1) is 0 Å². The summed E-state index contributed by atoms with van der Waals surface area (Å²) in [6, 6.07) is 4.30. The lowest BCUT2D eigenvalue weighted by molar-refractivity contribution is -0.0291. The Morgan fingerprint density at radius 2 is 2.04 bits per heavy atom. The molecule has 0 radical (unpaired) electrons. The Hall–Kier alpha value is -1.71. The van der Waals surface area contributed by atoms with Crippen molar-refractivity contribution in [3.8, 4) is 5.75 Å². The number of fused-ring (bicyclic) bond motifs is 5. The minimum absolute atomic E-state index is 0.0293. The second kappa shape index (κ2) is 6.17. The number of rotatable bonds is 2. The lowest BCUT2D eigenvalue weighted by Crippen LogP contribution is -2.45. The van der Waals surface area contributed by atoms with Crippen molar-refractivity contribution in [2.45, 2.75) is 77.2 Å². The van der Waals surface area contributed by atoms with E-state index in [4.69, 9.17) is 10.5 Å². The average Bonchev–Trinajstić information content (AvgIpc) is 2.89. The van der Waals surface area contributed by atoms with Gasteiger partial charge in [0.1, 0.15) is 11.9 Å². The number of primary amides is 1. The maximum atomic E-state index is 11.3. The molecule has 3 N–H and O–H groups in total. The van der Waals surface area contributed by atoms with Crippen molar-refractivity contribution in [3.63, 3.8) is 0 Å². The van der Waals surface area contributed by atoms with Gasteiger partial charge in [0, 0.05) is 5.41 Å². The molecular weight excluding hydrogens is 326 g/mol. The molecule has 1 aromatic rings. The number of aromatic hydroxyl groups is 1. The molecule has 142 valence electrons. The number of benzene rings is 1. The first-order valence-corrected chi connectivity index (χ1v) is 10.1. The Labute approximate surface area is 156 Å². The first-order chi connectivity index (χ1) is 12.3. The van der Waals surface area contributed by atoms with Gasteiger partial charge in [-0.2, -0.15) is 0 Å². The molecule has 3 aliphatic rings. The van der Waals surface area contributed by atoms with E-state index in [1.54, 1.807) is 0 Å². The highest BCUT2D eigenvalue weighted by atomic mass is 16.6. The fourth-order valence-corrected chi connectivity index (χ4v) is 6.37. The lowest BCUT2D eigenvalue weighted by Gasteiger charge is -2.50. The van der Waals surface area contributed by atoms with E-state index < -0.39 is 6.09 Å². The van der Waals surface area contributed by atoms with E-state index >= 15 is 0 Å². The first-order valence-electron chi connectivity index (χ1n) is 10.1. The monoisotopic (exact) mass is 357 g/mol. The summed E-state index contributed by atoms with van der Waals surface area (Å²) in [7, 11) is 0. The number of carbonyl (C=O) groups is 1. The van der Waals surface area contributed by atoms with Gasteiger partial charge in [-0.15, -0.1) is 0 Å². The number of ether oxygens (including phenoxy) is 1. The molecule has 4 rings (SSSR count). The number of amides is 1. The highest BCUT2D eigenvalue weighted by Gasteiger charge is 2.56. The first kappa shape index (κ1) is 17.7. The predicted molar refractivity (Wildman–Crippen MR) is 101 cm³/mol. The molecule has 5 atom stereocenters. The molecule has 0 bridgehead atoms. The van der Waals surface area contributed by atoms with Gasteiger partial charge in [0.25, 0.3) is 0 Å². The summed E-state index contributed by atoms with van der Waals surface area (Å²) in [6.07, 6.45) is 5.81. The van der Waals surface area contributed by atoms with Crippen LogP contribution in [0.3, 0.4) is 0 Å². The summed E-state index contributed by atoms with van der Waals surface area (Å²) in [5, 5.41) is 10.4. The molecule has 1 amide bonds. The summed E-state index contributed by atoms with van der Waals surface area (Å²) in [6.45, 7) is 6.59. The zero-order valence-electron chi connectivity index (χ0n) is 16.1. The minimum Gasteiger partial charge on any atom is -0.508 e. The zero-order valence-corrected chi connectivity index (χ0v) is 16.1. The number of nitrogens with two attached hydrogens (primary N) is 1. The average molecular weight is 357 g/mol. The molecule has 1 aromatic carbocycles. The summed E-state index contributed by atoms with van der Waals surface area (Å²) in [4.78, 5) is 11.3. The fraction of sp³-hybridized carbons (Fsp3) is 0.682. The summed E-state index contributed by atoms with van der Waals surface area (Å²) in [5.41, 5.74) is 9.25. The maximum absolute atomic E-state index is 11.3. The zero-order chi connectivity index (χ0) is 18.6. The van der Waals surface area contributed by atoms with E-state index in [2.05, 4.69) is 26.8 Å². The van der Waals surface area contributed by atoms with E-state index in [9.17, 15) is 9.90 Å². The third kappa shape index (κ3) is 2.60. The molecular formula is C22H31NO3. The quantitative estimate of drug-likeness (QED) is 0.796. The Bertz CT molecular complexity index is 728. The number of hydrogen-bond donors (Lipinski definition) is 2. The van der Waals surface area contributed by atoms with Crippen LogP contribution in [0.1, 0.15) is 81.4 Å². The molecule has 0 saturated heterocycles. The number of aryl methyl sites for hydroxylation is 1. The van der Waals surface area contributed by atoms with E-state index in [-0.39, 0.29) is 11.5 Å². The molecule has 0 heterocycles. The van der Waals surface area contributed by atoms with Crippen molar-refractivity contribution >= 4 is 6.09 Å². The van der Waals surface area contributed by atoms with E-state index in [0.717, 1.165) is 37.7 Å². The van der Waals surface area contributed by atoms with E-state index in [1.807, 2.05) is 6.07 Å². The van der Waals surface area contributed by atoms with Crippen LogP contribution in [0.4, 0.5) is 4.79 Å². The Kier molecular flexibility index (Phi) is 4.20. The fourth-order valence-electron chi connectivity index (χ4n) is 6.37. The van der Waals surface area contributed by atoms with Crippen LogP contribution in [0.25, 0.3) is 0 Å². The molecule has 4 heteroatoms. The Balaban J connectivity index is 1.66. The molecule has 0 aliphatic heterocycles. The van der Waals surface area contributed by atoms with Crippen molar-refractivity contribution in [3.05, 3.63) is 28.8 Å². The second-order valence-electron chi connectivity index (χ2n) is 9.23. The van der Waals surface area contributed by atoms with Gasteiger partial charge in [0.15, 0.2) is 0 Å². The standard InChI is InChI=1S/C22H31NO3/c1-12(2)16-11-17-13(10-19(16)24)4-5-15-14(17)8-9-22(3)18(15)6-7-20(22)26-21(23)25/h10-12,14-15,18,20,24H,4-9H2,1-3H3,(H2,23,25)/t14-,15+,18-,20-,22-/m0/s1. The molecule has 3 aliphatic carbocycles. The molecule has 4 nitrogen and oxygen atoms in total. The topological polar surface area (TPSA) is 72.6 Å². The van der Waals surface area contributed by atoms with Gasteiger partial charge < -0.3 is 15.6 Å². The van der Waals surface area contributed by atoms with Crippen LogP contribution in [0.2, 0.25) is 0 Å². The molecule has 0 spiro atoms. The smallest absolute Gasteiger partial charge is 0.404 e. The van der Waals surface area contributed by atoms with Crippen molar-refractivity contribution in [2.75, 3.05) is 0 Å². The van der Waals surface area contributed by atoms with Gasteiger partial charge in [-0.3, -0.25) is 0 Å². The van der Waals surface area contributed by atoms with Gasteiger partial charge in [-0.05, 0) is 85.0 Å². The Morgan fingerprint density at radius 1 is 1.27 bits per heavy atom. The SMILES string of the molecule is CC(C)c1cc2c(cc1O)CC[C@@H]1[C@@H]2CC[C@]2(C)[C@@H](OC(N)=O)CC[C@@H]12. The molecule has 2 saturated carbocycles. The third-order valence-corrected chi connectivity index (χ3v) is 7.67. The lowest BCUT2D eigenvalue weighted by atomic mass is 9.55. The number of hydrogen-bond acceptors (Lipinski definition) is 3.